The van der Waals surface area contributed by atoms with Crippen molar-refractivity contribution in [2.45, 2.75) is 6.92 Å². The molecule has 0 spiro atoms. The number of halogens is 1. The van der Waals surface area contributed by atoms with Gasteiger partial charge in [0.2, 0.25) is 0 Å². The molecule has 2 aromatic carbocycles. The van der Waals surface area contributed by atoms with Gasteiger partial charge in [0.25, 0.3) is 5.91 Å². The molecule has 4 nitrogen and oxygen atoms in total. The number of H-pyrrole nitrogens is 1. The minimum atomic E-state index is -0.302. The van der Waals surface area contributed by atoms with Crippen molar-refractivity contribution in [1.29, 1.82) is 0 Å². The number of anilines is 1. The largest absolute Gasteiger partial charge is 0.368 e. The smallest absolute Gasteiger partial charge is 0.270 e. The molecule has 0 unspecified atom stereocenters. The number of aromatic nitrogens is 1. The summed E-state index contributed by atoms with van der Waals surface area (Å²) in [6.45, 7) is 4.88. The van der Waals surface area contributed by atoms with E-state index in [0.717, 1.165) is 24.0 Å². The molecule has 4 rings (SSSR count). The van der Waals surface area contributed by atoms with Gasteiger partial charge in [0.05, 0.1) is 0 Å². The van der Waals surface area contributed by atoms with E-state index in [4.69, 9.17) is 0 Å². The highest BCUT2D eigenvalue weighted by atomic mass is 19.1. The molecule has 0 saturated carbocycles. The van der Waals surface area contributed by atoms with Gasteiger partial charge in [0, 0.05) is 42.8 Å². The van der Waals surface area contributed by atoms with Gasteiger partial charge < -0.3 is 14.8 Å². The highest BCUT2D eigenvalue weighted by Gasteiger charge is 2.25. The molecule has 1 aromatic heterocycles. The van der Waals surface area contributed by atoms with Crippen molar-refractivity contribution in [1.82, 2.24) is 9.88 Å². The van der Waals surface area contributed by atoms with E-state index in [0.29, 0.717) is 24.3 Å². The zero-order valence-electron chi connectivity index (χ0n) is 14.1. The highest BCUT2D eigenvalue weighted by Crippen LogP contribution is 2.24. The number of amides is 1. The second kappa shape index (κ2) is 6.24. The molecule has 1 aliphatic rings. The fourth-order valence-electron chi connectivity index (χ4n) is 3.49. The van der Waals surface area contributed by atoms with Gasteiger partial charge in [0.1, 0.15) is 11.5 Å². The van der Waals surface area contributed by atoms with Crippen LogP contribution in [0.1, 0.15) is 16.1 Å². The molecule has 2 heterocycles. The number of nitrogens with zero attached hydrogens (tertiary/aromatic N) is 2. The summed E-state index contributed by atoms with van der Waals surface area (Å²) in [6.07, 6.45) is 0. The standard InChI is InChI=1S/C20H20FN3O/c1-14-17-8-7-15(21)13-18(17)22-19(14)20(25)24-11-9-23(10-12-24)16-5-3-2-4-6-16/h2-8,13,22H,9-12H2,1H3. The fourth-order valence-corrected chi connectivity index (χ4v) is 3.49. The van der Waals surface area contributed by atoms with E-state index < -0.39 is 0 Å². The number of hydrogen-bond donors (Lipinski definition) is 1. The summed E-state index contributed by atoms with van der Waals surface area (Å²) in [6, 6.07) is 14.8. The maximum atomic E-state index is 13.4. The lowest BCUT2D eigenvalue weighted by Crippen LogP contribution is -2.49. The zero-order chi connectivity index (χ0) is 17.4. The van der Waals surface area contributed by atoms with Crippen LogP contribution in [0.15, 0.2) is 48.5 Å². The molecule has 25 heavy (non-hydrogen) atoms. The van der Waals surface area contributed by atoms with Crippen LogP contribution in [0.5, 0.6) is 0 Å². The molecule has 0 aliphatic carbocycles. The van der Waals surface area contributed by atoms with E-state index in [1.165, 1.54) is 17.8 Å². The van der Waals surface area contributed by atoms with Gasteiger partial charge in [-0.05, 0) is 42.8 Å². The van der Waals surface area contributed by atoms with E-state index in [-0.39, 0.29) is 11.7 Å². The number of piperazine rings is 1. The molecule has 3 aromatic rings. The molecule has 1 amide bonds. The summed E-state index contributed by atoms with van der Waals surface area (Å²) in [5.74, 6) is -0.314. The number of nitrogens with one attached hydrogen (secondary N) is 1. The first-order valence-electron chi connectivity index (χ1n) is 8.50. The summed E-state index contributed by atoms with van der Waals surface area (Å²) in [5, 5.41) is 0.896. The van der Waals surface area contributed by atoms with Crippen molar-refractivity contribution < 1.29 is 9.18 Å². The molecular formula is C20H20FN3O. The van der Waals surface area contributed by atoms with Crippen LogP contribution in [-0.2, 0) is 0 Å². The SMILES string of the molecule is Cc1c(C(=O)N2CCN(c3ccccc3)CC2)[nH]c2cc(F)ccc12. The predicted octanol–water partition coefficient (Wildman–Crippen LogP) is 3.58. The topological polar surface area (TPSA) is 39.3 Å². The van der Waals surface area contributed by atoms with Crippen LogP contribution in [0.2, 0.25) is 0 Å². The van der Waals surface area contributed by atoms with Crippen LogP contribution in [0.25, 0.3) is 10.9 Å². The van der Waals surface area contributed by atoms with Crippen LogP contribution < -0.4 is 4.90 Å². The Hall–Kier alpha value is -2.82. The van der Waals surface area contributed by atoms with Crippen molar-refractivity contribution in [3.05, 3.63) is 65.6 Å². The van der Waals surface area contributed by atoms with Gasteiger partial charge in [-0.15, -0.1) is 0 Å². The molecule has 5 heteroatoms. The van der Waals surface area contributed by atoms with Crippen molar-refractivity contribution in [3.63, 3.8) is 0 Å². The van der Waals surface area contributed by atoms with Crippen LogP contribution in [0, 0.1) is 12.7 Å². The second-order valence-electron chi connectivity index (χ2n) is 6.43. The average Bonchev–Trinajstić information content (AvgIpc) is 2.98. The zero-order valence-corrected chi connectivity index (χ0v) is 14.1. The Morgan fingerprint density at radius 3 is 2.48 bits per heavy atom. The van der Waals surface area contributed by atoms with Crippen molar-refractivity contribution in [2.24, 2.45) is 0 Å². The Kier molecular flexibility index (Phi) is 3.92. The molecule has 0 radical (unpaired) electrons. The van der Waals surface area contributed by atoms with Gasteiger partial charge in [0.15, 0.2) is 0 Å². The number of rotatable bonds is 2. The van der Waals surface area contributed by atoms with E-state index in [1.54, 1.807) is 6.07 Å². The van der Waals surface area contributed by atoms with Gasteiger partial charge >= 0.3 is 0 Å². The Balaban J connectivity index is 1.52. The Bertz CT molecular complexity index is 911. The fraction of sp³-hybridized carbons (Fsp3) is 0.250. The van der Waals surface area contributed by atoms with E-state index in [1.807, 2.05) is 30.0 Å². The number of benzene rings is 2. The Labute approximate surface area is 145 Å². The monoisotopic (exact) mass is 337 g/mol. The van der Waals surface area contributed by atoms with Gasteiger partial charge in [-0.25, -0.2) is 4.39 Å². The first-order valence-corrected chi connectivity index (χ1v) is 8.50. The molecule has 1 saturated heterocycles. The van der Waals surface area contributed by atoms with E-state index >= 15 is 0 Å². The summed E-state index contributed by atoms with van der Waals surface area (Å²) < 4.78 is 13.4. The number of fused-ring (bicyclic) bond motifs is 1. The lowest BCUT2D eigenvalue weighted by molar-refractivity contribution is 0.0741. The summed E-state index contributed by atoms with van der Waals surface area (Å²) in [5.41, 5.74) is 3.30. The number of hydrogen-bond acceptors (Lipinski definition) is 2. The minimum absolute atomic E-state index is 0.0122. The molecule has 1 N–H and O–H groups in total. The first kappa shape index (κ1) is 15.7. The van der Waals surface area contributed by atoms with Crippen molar-refractivity contribution >= 4 is 22.5 Å². The lowest BCUT2D eigenvalue weighted by Gasteiger charge is -2.36. The van der Waals surface area contributed by atoms with E-state index in [9.17, 15) is 9.18 Å². The van der Waals surface area contributed by atoms with Crippen LogP contribution in [0.3, 0.4) is 0 Å². The lowest BCUT2D eigenvalue weighted by atomic mass is 10.1. The average molecular weight is 337 g/mol. The summed E-state index contributed by atoms with van der Waals surface area (Å²) >= 11 is 0. The number of carbonyl (C=O) groups is 1. The first-order chi connectivity index (χ1) is 12.1. The van der Waals surface area contributed by atoms with Crippen LogP contribution >= 0.6 is 0 Å². The third kappa shape index (κ3) is 2.86. The van der Waals surface area contributed by atoms with Gasteiger partial charge in [-0.3, -0.25) is 4.79 Å². The maximum Gasteiger partial charge on any atom is 0.270 e. The Morgan fingerprint density at radius 1 is 1.04 bits per heavy atom. The molecule has 0 bridgehead atoms. The number of carbonyl (C=O) groups excluding carboxylic acids is 1. The van der Waals surface area contributed by atoms with Crippen molar-refractivity contribution in [3.8, 4) is 0 Å². The molecule has 128 valence electrons. The quantitative estimate of drug-likeness (QED) is 0.776. The summed E-state index contributed by atoms with van der Waals surface area (Å²) in [7, 11) is 0. The normalized spacial score (nSPS) is 15.0. The third-order valence-electron chi connectivity index (χ3n) is 4.92. The molecule has 1 aliphatic heterocycles. The summed E-state index contributed by atoms with van der Waals surface area (Å²) in [4.78, 5) is 20.2. The highest BCUT2D eigenvalue weighted by molar-refractivity contribution is 6.01. The van der Waals surface area contributed by atoms with Crippen molar-refractivity contribution in [2.75, 3.05) is 31.1 Å². The van der Waals surface area contributed by atoms with E-state index in [2.05, 4.69) is 22.0 Å². The van der Waals surface area contributed by atoms with Crippen LogP contribution in [-0.4, -0.2) is 42.0 Å². The van der Waals surface area contributed by atoms with Gasteiger partial charge in [-0.1, -0.05) is 18.2 Å². The maximum absolute atomic E-state index is 13.4. The molecule has 0 atom stereocenters. The minimum Gasteiger partial charge on any atom is -0.368 e. The molecule has 1 fully saturated rings. The number of aromatic amines is 1. The van der Waals surface area contributed by atoms with Gasteiger partial charge in [-0.2, -0.15) is 0 Å². The third-order valence-corrected chi connectivity index (χ3v) is 4.92. The second-order valence-corrected chi connectivity index (χ2v) is 6.43. The number of para-hydroxylation sites is 1. The predicted molar refractivity (Wildman–Crippen MR) is 97.6 cm³/mol. The molecular weight excluding hydrogens is 317 g/mol. The van der Waals surface area contributed by atoms with Crippen LogP contribution in [0.4, 0.5) is 10.1 Å². The Morgan fingerprint density at radius 2 is 1.76 bits per heavy atom. The number of aryl methyl sites for hydroxylation is 1.